The molecule has 0 aromatic heterocycles. The van der Waals surface area contributed by atoms with Gasteiger partial charge in [-0.3, -0.25) is 4.90 Å². The molecule has 0 radical (unpaired) electrons. The Morgan fingerprint density at radius 1 is 0.840 bits per heavy atom. The van der Waals surface area contributed by atoms with Crippen molar-refractivity contribution in [2.45, 2.75) is 38.4 Å². The number of hydrogen-bond donors (Lipinski definition) is 1. The van der Waals surface area contributed by atoms with Gasteiger partial charge in [-0.25, -0.2) is 0 Å². The molecule has 0 unspecified atom stereocenters. The highest BCUT2D eigenvalue weighted by Gasteiger charge is 2.16. The predicted molar refractivity (Wildman–Crippen MR) is 105 cm³/mol. The fourth-order valence-corrected chi connectivity index (χ4v) is 3.59. The van der Waals surface area contributed by atoms with Crippen LogP contribution in [0.3, 0.4) is 0 Å². The van der Waals surface area contributed by atoms with Gasteiger partial charge >= 0.3 is 0 Å². The van der Waals surface area contributed by atoms with Crippen LogP contribution >= 0.6 is 0 Å². The van der Waals surface area contributed by atoms with Gasteiger partial charge in [-0.05, 0) is 50.0 Å². The quantitative estimate of drug-likeness (QED) is 0.800. The summed E-state index contributed by atoms with van der Waals surface area (Å²) in [6.45, 7) is 6.68. The number of piperidine rings is 1. The summed E-state index contributed by atoms with van der Waals surface area (Å²) in [6.07, 6.45) is 3.52. The predicted octanol–water partition coefficient (Wildman–Crippen LogP) is 3.50. The molecule has 3 heteroatoms. The fourth-order valence-electron chi connectivity index (χ4n) is 3.59. The summed E-state index contributed by atoms with van der Waals surface area (Å²) in [7, 11) is 0. The summed E-state index contributed by atoms with van der Waals surface area (Å²) < 4.78 is 0. The summed E-state index contributed by atoms with van der Waals surface area (Å²) >= 11 is 0. The Balaban J connectivity index is 1.52. The Kier molecular flexibility index (Phi) is 7.04. The Labute approximate surface area is 152 Å². The Hall–Kier alpha value is -1.68. The molecule has 1 saturated heterocycles. The minimum absolute atomic E-state index is 0.420. The highest BCUT2D eigenvalue weighted by Crippen LogP contribution is 2.12. The molecule has 3 nitrogen and oxygen atoms in total. The van der Waals surface area contributed by atoms with E-state index in [2.05, 4.69) is 70.5 Å². The average Bonchev–Trinajstić information content (AvgIpc) is 2.65. The van der Waals surface area contributed by atoms with Crippen LogP contribution < -0.4 is 5.73 Å². The molecule has 0 atom stereocenters. The number of nitrogens with zero attached hydrogens (tertiary/aromatic N) is 2. The molecular weight excluding hydrogens is 306 g/mol. The van der Waals surface area contributed by atoms with Crippen LogP contribution in [-0.4, -0.2) is 42.0 Å². The minimum Gasteiger partial charge on any atom is -0.328 e. The first-order chi connectivity index (χ1) is 12.3. The molecule has 1 aliphatic heterocycles. The van der Waals surface area contributed by atoms with E-state index in [0.29, 0.717) is 6.04 Å². The van der Waals surface area contributed by atoms with E-state index >= 15 is 0 Å². The second-order valence-corrected chi connectivity index (χ2v) is 7.21. The molecule has 25 heavy (non-hydrogen) atoms. The number of benzene rings is 2. The molecule has 2 aromatic rings. The van der Waals surface area contributed by atoms with Gasteiger partial charge in [-0.1, -0.05) is 60.7 Å². The highest BCUT2D eigenvalue weighted by atomic mass is 15.2. The maximum absolute atomic E-state index is 6.01. The summed E-state index contributed by atoms with van der Waals surface area (Å²) in [5, 5.41) is 0. The van der Waals surface area contributed by atoms with Crippen molar-refractivity contribution in [1.82, 2.24) is 9.80 Å². The van der Waals surface area contributed by atoms with E-state index in [4.69, 9.17) is 5.73 Å². The molecule has 0 bridgehead atoms. The number of likely N-dealkylation sites (tertiary alicyclic amines) is 1. The minimum atomic E-state index is 0.420. The zero-order chi connectivity index (χ0) is 17.3. The lowest BCUT2D eigenvalue weighted by Gasteiger charge is -2.31. The van der Waals surface area contributed by atoms with Crippen molar-refractivity contribution in [3.8, 4) is 0 Å². The third-order valence-corrected chi connectivity index (χ3v) is 5.08. The first-order valence-electron chi connectivity index (χ1n) is 9.58. The first kappa shape index (κ1) is 18.1. The second kappa shape index (κ2) is 9.71. The van der Waals surface area contributed by atoms with Gasteiger partial charge in [0.2, 0.25) is 0 Å². The standard InChI is InChI=1S/C22H31N3/c23-22-12-16-24(17-13-22)14-7-15-25(18-20-8-3-1-4-9-20)19-21-10-5-2-6-11-21/h1-6,8-11,22H,7,12-19,23H2. The van der Waals surface area contributed by atoms with Gasteiger partial charge in [0.05, 0.1) is 0 Å². The van der Waals surface area contributed by atoms with E-state index < -0.39 is 0 Å². The van der Waals surface area contributed by atoms with Crippen molar-refractivity contribution in [3.05, 3.63) is 71.8 Å². The van der Waals surface area contributed by atoms with Crippen LogP contribution in [0.5, 0.6) is 0 Å². The first-order valence-corrected chi connectivity index (χ1v) is 9.58. The molecule has 0 amide bonds. The van der Waals surface area contributed by atoms with E-state index in [1.54, 1.807) is 0 Å². The van der Waals surface area contributed by atoms with Crippen molar-refractivity contribution >= 4 is 0 Å². The largest absolute Gasteiger partial charge is 0.328 e. The molecular formula is C22H31N3. The van der Waals surface area contributed by atoms with Crippen LogP contribution in [0.1, 0.15) is 30.4 Å². The van der Waals surface area contributed by atoms with Crippen LogP contribution in [0.25, 0.3) is 0 Å². The van der Waals surface area contributed by atoms with Gasteiger partial charge in [0.1, 0.15) is 0 Å². The van der Waals surface area contributed by atoms with Crippen LogP contribution in [0.4, 0.5) is 0 Å². The Morgan fingerprint density at radius 2 is 1.36 bits per heavy atom. The molecule has 3 rings (SSSR count). The number of nitrogens with two attached hydrogens (primary N) is 1. The van der Waals surface area contributed by atoms with Crippen molar-refractivity contribution in [2.24, 2.45) is 5.73 Å². The third kappa shape index (κ3) is 6.28. The molecule has 0 spiro atoms. The van der Waals surface area contributed by atoms with E-state index in [1.807, 2.05) is 0 Å². The number of hydrogen-bond acceptors (Lipinski definition) is 3. The molecule has 0 aliphatic carbocycles. The fraction of sp³-hybridized carbons (Fsp3) is 0.455. The van der Waals surface area contributed by atoms with Gasteiger partial charge in [0.25, 0.3) is 0 Å². The highest BCUT2D eigenvalue weighted by molar-refractivity contribution is 5.17. The monoisotopic (exact) mass is 337 g/mol. The van der Waals surface area contributed by atoms with E-state index in [-0.39, 0.29) is 0 Å². The van der Waals surface area contributed by atoms with Crippen LogP contribution in [0.15, 0.2) is 60.7 Å². The van der Waals surface area contributed by atoms with Crippen molar-refractivity contribution in [2.75, 3.05) is 26.2 Å². The second-order valence-electron chi connectivity index (χ2n) is 7.21. The van der Waals surface area contributed by atoms with E-state index in [0.717, 1.165) is 32.5 Å². The average molecular weight is 338 g/mol. The van der Waals surface area contributed by atoms with E-state index in [9.17, 15) is 0 Å². The third-order valence-electron chi connectivity index (χ3n) is 5.08. The van der Waals surface area contributed by atoms with Gasteiger partial charge in [-0.2, -0.15) is 0 Å². The Morgan fingerprint density at radius 3 is 1.88 bits per heavy atom. The molecule has 134 valence electrons. The lowest BCUT2D eigenvalue weighted by Crippen LogP contribution is -2.40. The van der Waals surface area contributed by atoms with Crippen LogP contribution in [0, 0.1) is 0 Å². The Bertz CT molecular complexity index is 550. The zero-order valence-electron chi connectivity index (χ0n) is 15.2. The van der Waals surface area contributed by atoms with Crippen molar-refractivity contribution in [1.29, 1.82) is 0 Å². The summed E-state index contributed by atoms with van der Waals surface area (Å²) in [5.41, 5.74) is 8.79. The maximum atomic E-state index is 6.01. The van der Waals surface area contributed by atoms with Crippen LogP contribution in [0.2, 0.25) is 0 Å². The van der Waals surface area contributed by atoms with Gasteiger partial charge in [0.15, 0.2) is 0 Å². The molecule has 2 aromatic carbocycles. The molecule has 0 saturated carbocycles. The van der Waals surface area contributed by atoms with Gasteiger partial charge in [0, 0.05) is 25.7 Å². The lowest BCUT2D eigenvalue weighted by molar-refractivity contribution is 0.187. The number of rotatable bonds is 8. The molecule has 1 fully saturated rings. The molecule has 2 N–H and O–H groups in total. The van der Waals surface area contributed by atoms with Gasteiger partial charge in [-0.15, -0.1) is 0 Å². The molecule has 1 heterocycles. The summed E-state index contributed by atoms with van der Waals surface area (Å²) in [5.74, 6) is 0. The van der Waals surface area contributed by atoms with Crippen molar-refractivity contribution < 1.29 is 0 Å². The normalized spacial score (nSPS) is 16.4. The topological polar surface area (TPSA) is 32.5 Å². The lowest BCUT2D eigenvalue weighted by atomic mass is 10.1. The maximum Gasteiger partial charge on any atom is 0.0237 e. The van der Waals surface area contributed by atoms with Crippen LogP contribution in [-0.2, 0) is 13.1 Å². The molecule has 1 aliphatic rings. The zero-order valence-corrected chi connectivity index (χ0v) is 15.2. The smallest absolute Gasteiger partial charge is 0.0237 e. The summed E-state index contributed by atoms with van der Waals surface area (Å²) in [4.78, 5) is 5.15. The SMILES string of the molecule is NC1CCN(CCCN(Cc2ccccc2)Cc2ccccc2)CC1. The summed E-state index contributed by atoms with van der Waals surface area (Å²) in [6, 6.07) is 22.0. The van der Waals surface area contributed by atoms with Gasteiger partial charge < -0.3 is 10.6 Å². The van der Waals surface area contributed by atoms with Crippen molar-refractivity contribution in [3.63, 3.8) is 0 Å². The van der Waals surface area contributed by atoms with E-state index in [1.165, 1.54) is 37.2 Å².